The Bertz CT molecular complexity index is 207. The van der Waals surface area contributed by atoms with E-state index in [9.17, 15) is 14.7 Å². The van der Waals surface area contributed by atoms with Gasteiger partial charge in [-0.25, -0.2) is 4.79 Å². The number of amides is 1. The van der Waals surface area contributed by atoms with E-state index in [1.165, 1.54) is 0 Å². The van der Waals surface area contributed by atoms with Crippen molar-refractivity contribution in [1.29, 1.82) is 0 Å². The minimum absolute atomic E-state index is 0.000880. The van der Waals surface area contributed by atoms with E-state index in [1.54, 1.807) is 0 Å². The number of hydrogen-bond donors (Lipinski definition) is 3. The zero-order chi connectivity index (χ0) is 10.0. The van der Waals surface area contributed by atoms with Crippen molar-refractivity contribution < 1.29 is 24.9 Å². The molecule has 0 aromatic rings. The molecule has 0 bridgehead atoms. The number of aliphatic carboxylic acids is 1. The van der Waals surface area contributed by atoms with Gasteiger partial charge in [-0.15, -0.1) is 0 Å². The Morgan fingerprint density at radius 3 is 2.31 bits per heavy atom. The van der Waals surface area contributed by atoms with E-state index in [4.69, 9.17) is 10.2 Å². The molecule has 0 aromatic carbocycles. The lowest BCUT2D eigenvalue weighted by Gasteiger charge is -2.31. The molecule has 1 aliphatic rings. The summed E-state index contributed by atoms with van der Waals surface area (Å²) in [6.45, 7) is -0.0408. The summed E-state index contributed by atoms with van der Waals surface area (Å²) in [6, 6.07) is 0. The van der Waals surface area contributed by atoms with Crippen molar-refractivity contribution in [2.75, 3.05) is 13.1 Å². The van der Waals surface area contributed by atoms with E-state index in [1.807, 2.05) is 0 Å². The molecule has 6 heteroatoms. The Balaban J connectivity index is 2.62. The number of carboxylic acids is 1. The molecule has 0 saturated carbocycles. The van der Waals surface area contributed by atoms with Gasteiger partial charge in [-0.3, -0.25) is 4.79 Å². The van der Waals surface area contributed by atoms with Crippen LogP contribution in [0.1, 0.15) is 6.42 Å². The number of likely N-dealkylation sites (tertiary alicyclic amines) is 1. The second-order valence-electron chi connectivity index (χ2n) is 3.11. The topological polar surface area (TPSA) is 98.1 Å². The fraction of sp³-hybridized carbons (Fsp3) is 0.714. The molecule has 1 heterocycles. The second-order valence-corrected chi connectivity index (χ2v) is 3.11. The van der Waals surface area contributed by atoms with Gasteiger partial charge in [0.2, 0.25) is 0 Å². The standard InChI is InChI=1S/C7H11NO5/c9-5-1-4(6(10)11)2-8(3-5)7(12)13/h4-5,9H,1-3H2,(H,10,11)(H,12,13)/t4-,5-/m1/s1. The minimum atomic E-state index is -1.19. The molecule has 0 radical (unpaired) electrons. The number of carboxylic acid groups (broad SMARTS) is 2. The third-order valence-corrected chi connectivity index (χ3v) is 2.05. The average Bonchev–Trinajstić information content (AvgIpc) is 2.03. The van der Waals surface area contributed by atoms with Crippen molar-refractivity contribution in [2.24, 2.45) is 5.92 Å². The maximum absolute atomic E-state index is 10.5. The van der Waals surface area contributed by atoms with Gasteiger partial charge in [0.25, 0.3) is 0 Å². The fourth-order valence-corrected chi connectivity index (χ4v) is 1.41. The quantitative estimate of drug-likeness (QED) is 0.513. The lowest BCUT2D eigenvalue weighted by Crippen LogP contribution is -2.47. The highest BCUT2D eigenvalue weighted by Gasteiger charge is 2.32. The van der Waals surface area contributed by atoms with Crippen molar-refractivity contribution in [3.8, 4) is 0 Å². The van der Waals surface area contributed by atoms with Crippen LogP contribution in [0.2, 0.25) is 0 Å². The first kappa shape index (κ1) is 9.79. The van der Waals surface area contributed by atoms with Crippen LogP contribution >= 0.6 is 0 Å². The van der Waals surface area contributed by atoms with Crippen LogP contribution in [-0.4, -0.2) is 51.5 Å². The maximum Gasteiger partial charge on any atom is 0.407 e. The van der Waals surface area contributed by atoms with Gasteiger partial charge >= 0.3 is 12.1 Å². The van der Waals surface area contributed by atoms with E-state index in [0.717, 1.165) is 4.90 Å². The minimum Gasteiger partial charge on any atom is -0.481 e. The molecule has 13 heavy (non-hydrogen) atoms. The number of aliphatic hydroxyl groups excluding tert-OH is 1. The molecule has 2 atom stereocenters. The molecule has 6 nitrogen and oxygen atoms in total. The Hall–Kier alpha value is -1.30. The van der Waals surface area contributed by atoms with Gasteiger partial charge in [0.15, 0.2) is 0 Å². The normalized spacial score (nSPS) is 28.5. The molecule has 0 unspecified atom stereocenters. The van der Waals surface area contributed by atoms with Crippen LogP contribution in [0.15, 0.2) is 0 Å². The number of aliphatic hydroxyl groups is 1. The van der Waals surface area contributed by atoms with E-state index >= 15 is 0 Å². The van der Waals surface area contributed by atoms with Gasteiger partial charge < -0.3 is 20.2 Å². The molecular formula is C7H11NO5. The third kappa shape index (κ3) is 2.32. The molecule has 3 N–H and O–H groups in total. The van der Waals surface area contributed by atoms with Crippen LogP contribution in [0, 0.1) is 5.92 Å². The molecule has 0 aromatic heterocycles. The number of rotatable bonds is 1. The number of hydrogen-bond acceptors (Lipinski definition) is 3. The van der Waals surface area contributed by atoms with Crippen LogP contribution in [0.4, 0.5) is 4.79 Å². The average molecular weight is 189 g/mol. The highest BCUT2D eigenvalue weighted by Crippen LogP contribution is 2.16. The Labute approximate surface area is 74.4 Å². The maximum atomic E-state index is 10.5. The Morgan fingerprint density at radius 2 is 1.85 bits per heavy atom. The van der Waals surface area contributed by atoms with Crippen LogP contribution in [0.3, 0.4) is 0 Å². The van der Waals surface area contributed by atoms with Crippen molar-refractivity contribution >= 4 is 12.1 Å². The molecule has 1 saturated heterocycles. The SMILES string of the molecule is O=C(O)[C@@H]1C[C@@H](O)CN(C(=O)O)C1. The first-order valence-electron chi connectivity index (χ1n) is 3.89. The van der Waals surface area contributed by atoms with Crippen molar-refractivity contribution in [3.63, 3.8) is 0 Å². The lowest BCUT2D eigenvalue weighted by molar-refractivity contribution is -0.145. The summed E-state index contributed by atoms with van der Waals surface area (Å²) in [5.74, 6) is -1.86. The van der Waals surface area contributed by atoms with E-state index in [2.05, 4.69) is 0 Å². The predicted molar refractivity (Wildman–Crippen MR) is 41.3 cm³/mol. The summed E-state index contributed by atoms with van der Waals surface area (Å²) in [4.78, 5) is 22.0. The molecule has 0 spiro atoms. The zero-order valence-corrected chi connectivity index (χ0v) is 6.88. The van der Waals surface area contributed by atoms with Crippen LogP contribution in [0.25, 0.3) is 0 Å². The van der Waals surface area contributed by atoms with E-state index in [0.29, 0.717) is 0 Å². The van der Waals surface area contributed by atoms with E-state index in [-0.39, 0.29) is 19.5 Å². The Morgan fingerprint density at radius 1 is 1.23 bits per heavy atom. The highest BCUT2D eigenvalue weighted by atomic mass is 16.4. The van der Waals surface area contributed by atoms with Crippen molar-refractivity contribution in [3.05, 3.63) is 0 Å². The van der Waals surface area contributed by atoms with E-state index < -0.39 is 24.1 Å². The Kier molecular flexibility index (Phi) is 2.72. The molecule has 1 fully saturated rings. The molecule has 0 aliphatic carbocycles. The number of piperidine rings is 1. The summed E-state index contributed by atoms with van der Waals surface area (Å²) in [5.41, 5.74) is 0. The van der Waals surface area contributed by atoms with Crippen molar-refractivity contribution in [1.82, 2.24) is 4.90 Å². The molecule has 1 rings (SSSR count). The lowest BCUT2D eigenvalue weighted by atomic mass is 9.96. The fourth-order valence-electron chi connectivity index (χ4n) is 1.41. The summed E-state index contributed by atoms with van der Waals surface area (Å²) in [7, 11) is 0. The predicted octanol–water partition coefficient (Wildman–Crippen LogP) is -0.568. The summed E-state index contributed by atoms with van der Waals surface area (Å²) in [5, 5.41) is 26.4. The number of nitrogens with zero attached hydrogens (tertiary/aromatic N) is 1. The second kappa shape index (κ2) is 3.61. The summed E-state index contributed by atoms with van der Waals surface area (Å²) >= 11 is 0. The van der Waals surface area contributed by atoms with Crippen LogP contribution in [-0.2, 0) is 4.79 Å². The first-order chi connectivity index (χ1) is 6.00. The largest absolute Gasteiger partial charge is 0.481 e. The first-order valence-corrected chi connectivity index (χ1v) is 3.89. The summed E-state index contributed by atoms with van der Waals surface area (Å²) < 4.78 is 0. The zero-order valence-electron chi connectivity index (χ0n) is 6.88. The monoisotopic (exact) mass is 189 g/mol. The third-order valence-electron chi connectivity index (χ3n) is 2.05. The van der Waals surface area contributed by atoms with Crippen molar-refractivity contribution in [2.45, 2.75) is 12.5 Å². The molecule has 1 amide bonds. The van der Waals surface area contributed by atoms with Gasteiger partial charge in [-0.05, 0) is 6.42 Å². The summed E-state index contributed by atoms with van der Waals surface area (Å²) in [6.07, 6.45) is -1.94. The van der Waals surface area contributed by atoms with Gasteiger partial charge in [-0.2, -0.15) is 0 Å². The van der Waals surface area contributed by atoms with Gasteiger partial charge in [0.05, 0.1) is 12.0 Å². The van der Waals surface area contributed by atoms with Gasteiger partial charge in [0.1, 0.15) is 0 Å². The molecular weight excluding hydrogens is 178 g/mol. The van der Waals surface area contributed by atoms with Gasteiger partial charge in [0, 0.05) is 13.1 Å². The highest BCUT2D eigenvalue weighted by molar-refractivity contribution is 5.72. The number of β-amino-alcohol motifs (C(OH)–C–C–N with tert-alkyl or cyclic N) is 1. The molecule has 1 aliphatic heterocycles. The molecule has 74 valence electrons. The van der Waals surface area contributed by atoms with Crippen LogP contribution in [0.5, 0.6) is 0 Å². The van der Waals surface area contributed by atoms with Gasteiger partial charge in [-0.1, -0.05) is 0 Å². The smallest absolute Gasteiger partial charge is 0.407 e. The van der Waals surface area contributed by atoms with Crippen LogP contribution < -0.4 is 0 Å². The number of carbonyl (C=O) groups is 2.